The zero-order chi connectivity index (χ0) is 11.1. The van der Waals surface area contributed by atoms with Gasteiger partial charge in [0.15, 0.2) is 0 Å². The smallest absolute Gasteiger partial charge is 0.139 e. The topological polar surface area (TPSA) is 73.9 Å². The maximum Gasteiger partial charge on any atom is 0.139 e. The summed E-state index contributed by atoms with van der Waals surface area (Å²) < 4.78 is 0. The fraction of sp³-hybridized carbons (Fsp3) is 0.900. The van der Waals surface area contributed by atoms with E-state index < -0.39 is 0 Å². The fourth-order valence-electron chi connectivity index (χ4n) is 1.94. The summed E-state index contributed by atoms with van der Waals surface area (Å²) >= 11 is 0. The average Bonchev–Trinajstić information content (AvgIpc) is 2.63. The van der Waals surface area contributed by atoms with Gasteiger partial charge >= 0.3 is 0 Å². The number of nitrogens with two attached hydrogens (primary N) is 1. The highest BCUT2D eigenvalue weighted by atomic mass is 16.4. The third-order valence-corrected chi connectivity index (χ3v) is 2.84. The first-order valence-electron chi connectivity index (χ1n) is 5.58. The Morgan fingerprint density at radius 3 is 3.07 bits per heavy atom. The van der Waals surface area contributed by atoms with Gasteiger partial charge < -0.3 is 21.2 Å². The lowest BCUT2D eigenvalue weighted by Crippen LogP contribution is -2.26. The minimum Gasteiger partial charge on any atom is -0.409 e. The summed E-state index contributed by atoms with van der Waals surface area (Å²) in [5.74, 6) is 1.11. The number of nitrogens with zero attached hydrogens (tertiary/aromatic N) is 2. The van der Waals surface area contributed by atoms with Crippen molar-refractivity contribution in [3.8, 4) is 0 Å². The molecule has 0 spiro atoms. The van der Waals surface area contributed by atoms with Crippen LogP contribution in [0.4, 0.5) is 0 Å². The van der Waals surface area contributed by atoms with E-state index in [-0.39, 0.29) is 0 Å². The van der Waals surface area contributed by atoms with E-state index in [4.69, 9.17) is 10.9 Å². The molecule has 4 N–H and O–H groups in total. The molecule has 0 aromatic carbocycles. The molecule has 0 aromatic heterocycles. The Morgan fingerprint density at radius 1 is 1.67 bits per heavy atom. The van der Waals surface area contributed by atoms with Gasteiger partial charge in [-0.2, -0.15) is 0 Å². The van der Waals surface area contributed by atoms with E-state index in [1.54, 1.807) is 0 Å². The standard InChI is InChI=1S/C10H22N4O/c1-14-6-4-9(8-14)7-12-5-2-3-10(11)13-15/h9,12,15H,2-8H2,1H3,(H2,11,13). The molecule has 0 aromatic rings. The molecule has 1 saturated heterocycles. The van der Waals surface area contributed by atoms with Crippen molar-refractivity contribution < 1.29 is 5.21 Å². The Morgan fingerprint density at radius 2 is 2.47 bits per heavy atom. The summed E-state index contributed by atoms with van der Waals surface area (Å²) in [5, 5.41) is 14.7. The maximum absolute atomic E-state index is 8.33. The molecule has 5 heteroatoms. The van der Waals surface area contributed by atoms with Gasteiger partial charge in [0, 0.05) is 13.0 Å². The van der Waals surface area contributed by atoms with E-state index in [9.17, 15) is 0 Å². The number of hydrogen-bond donors (Lipinski definition) is 3. The van der Waals surface area contributed by atoms with Gasteiger partial charge in [0.05, 0.1) is 0 Å². The predicted octanol–water partition coefficient (Wildman–Crippen LogP) is 0.0543. The zero-order valence-corrected chi connectivity index (χ0v) is 9.45. The molecular weight excluding hydrogens is 192 g/mol. The van der Waals surface area contributed by atoms with Crippen LogP contribution in [0.5, 0.6) is 0 Å². The molecule has 1 heterocycles. The number of amidine groups is 1. The van der Waals surface area contributed by atoms with Crippen LogP contribution < -0.4 is 11.1 Å². The van der Waals surface area contributed by atoms with Gasteiger partial charge in [-0.3, -0.25) is 0 Å². The summed E-state index contributed by atoms with van der Waals surface area (Å²) in [6, 6.07) is 0. The molecule has 1 rings (SSSR count). The van der Waals surface area contributed by atoms with Crippen LogP contribution in [0.25, 0.3) is 0 Å². The lowest BCUT2D eigenvalue weighted by molar-refractivity contribution is 0.316. The number of oxime groups is 1. The van der Waals surface area contributed by atoms with Crippen molar-refractivity contribution in [1.82, 2.24) is 10.2 Å². The van der Waals surface area contributed by atoms with Crippen molar-refractivity contribution in [3.63, 3.8) is 0 Å². The molecule has 1 aliphatic heterocycles. The van der Waals surface area contributed by atoms with Crippen LogP contribution in [0.1, 0.15) is 19.3 Å². The van der Waals surface area contributed by atoms with Crippen molar-refractivity contribution >= 4 is 5.84 Å². The molecule has 1 unspecified atom stereocenters. The Bertz CT molecular complexity index is 208. The van der Waals surface area contributed by atoms with E-state index in [1.165, 1.54) is 19.5 Å². The summed E-state index contributed by atoms with van der Waals surface area (Å²) in [6.45, 7) is 4.45. The second kappa shape index (κ2) is 6.63. The second-order valence-corrected chi connectivity index (χ2v) is 4.32. The van der Waals surface area contributed by atoms with Crippen LogP contribution in [-0.4, -0.2) is 49.2 Å². The van der Waals surface area contributed by atoms with Crippen LogP contribution in [0.3, 0.4) is 0 Å². The van der Waals surface area contributed by atoms with E-state index in [1.807, 2.05) is 0 Å². The molecular formula is C10H22N4O. The summed E-state index contributed by atoms with van der Waals surface area (Å²) in [7, 11) is 2.17. The van der Waals surface area contributed by atoms with Crippen molar-refractivity contribution in [1.29, 1.82) is 0 Å². The SMILES string of the molecule is CN1CCC(CNCCCC(N)=NO)C1. The average molecular weight is 214 g/mol. The molecule has 0 radical (unpaired) electrons. The normalized spacial score (nSPS) is 23.5. The van der Waals surface area contributed by atoms with Crippen molar-refractivity contribution in [2.45, 2.75) is 19.3 Å². The van der Waals surface area contributed by atoms with E-state index in [0.717, 1.165) is 25.4 Å². The summed E-state index contributed by atoms with van der Waals surface area (Å²) in [4.78, 5) is 2.36. The lowest BCUT2D eigenvalue weighted by atomic mass is 10.1. The van der Waals surface area contributed by atoms with Crippen LogP contribution in [0, 0.1) is 5.92 Å². The van der Waals surface area contributed by atoms with Gasteiger partial charge in [-0.1, -0.05) is 5.16 Å². The van der Waals surface area contributed by atoms with Crippen LogP contribution in [0.15, 0.2) is 5.16 Å². The molecule has 1 atom stereocenters. The highest BCUT2D eigenvalue weighted by Gasteiger charge is 2.18. The Labute approximate surface area is 91.3 Å². The fourth-order valence-corrected chi connectivity index (χ4v) is 1.94. The van der Waals surface area contributed by atoms with E-state index in [2.05, 4.69) is 22.4 Å². The molecule has 15 heavy (non-hydrogen) atoms. The highest BCUT2D eigenvalue weighted by molar-refractivity contribution is 5.79. The number of rotatable bonds is 6. The molecule has 0 aliphatic carbocycles. The first-order chi connectivity index (χ1) is 7.22. The van der Waals surface area contributed by atoms with Gasteiger partial charge in [0.1, 0.15) is 5.84 Å². The first-order valence-corrected chi connectivity index (χ1v) is 5.58. The third-order valence-electron chi connectivity index (χ3n) is 2.84. The van der Waals surface area contributed by atoms with E-state index >= 15 is 0 Å². The molecule has 1 aliphatic rings. The minimum atomic E-state index is 0.317. The van der Waals surface area contributed by atoms with Crippen LogP contribution >= 0.6 is 0 Å². The Balaban J connectivity index is 1.93. The second-order valence-electron chi connectivity index (χ2n) is 4.32. The third kappa shape index (κ3) is 4.99. The predicted molar refractivity (Wildman–Crippen MR) is 61.1 cm³/mol. The van der Waals surface area contributed by atoms with Gasteiger partial charge in [-0.15, -0.1) is 0 Å². The highest BCUT2D eigenvalue weighted by Crippen LogP contribution is 2.12. The molecule has 0 amide bonds. The largest absolute Gasteiger partial charge is 0.409 e. The maximum atomic E-state index is 8.33. The molecule has 0 saturated carbocycles. The molecule has 1 fully saturated rings. The quantitative estimate of drug-likeness (QED) is 0.192. The van der Waals surface area contributed by atoms with E-state index in [0.29, 0.717) is 12.3 Å². The monoisotopic (exact) mass is 214 g/mol. The van der Waals surface area contributed by atoms with Crippen molar-refractivity contribution in [3.05, 3.63) is 0 Å². The molecule has 0 bridgehead atoms. The Hall–Kier alpha value is -0.810. The molecule has 88 valence electrons. The minimum absolute atomic E-state index is 0.317. The van der Waals surface area contributed by atoms with Crippen molar-refractivity contribution in [2.24, 2.45) is 16.8 Å². The lowest BCUT2D eigenvalue weighted by Gasteiger charge is -2.11. The number of likely N-dealkylation sites (tertiary alicyclic amines) is 1. The first kappa shape index (κ1) is 12.3. The van der Waals surface area contributed by atoms with Crippen LogP contribution in [-0.2, 0) is 0 Å². The van der Waals surface area contributed by atoms with Gasteiger partial charge in [-0.25, -0.2) is 0 Å². The van der Waals surface area contributed by atoms with Gasteiger partial charge in [0.25, 0.3) is 0 Å². The summed E-state index contributed by atoms with van der Waals surface area (Å²) in [6.07, 6.45) is 2.89. The van der Waals surface area contributed by atoms with Crippen LogP contribution in [0.2, 0.25) is 0 Å². The van der Waals surface area contributed by atoms with Crippen molar-refractivity contribution in [2.75, 3.05) is 33.2 Å². The van der Waals surface area contributed by atoms with Gasteiger partial charge in [0.2, 0.25) is 0 Å². The Kier molecular flexibility index (Phi) is 5.42. The summed E-state index contributed by atoms with van der Waals surface area (Å²) in [5.41, 5.74) is 5.36. The molecule has 5 nitrogen and oxygen atoms in total. The number of hydrogen-bond acceptors (Lipinski definition) is 4. The number of nitrogens with one attached hydrogen (secondary N) is 1. The van der Waals surface area contributed by atoms with Gasteiger partial charge in [-0.05, 0) is 45.4 Å². The zero-order valence-electron chi connectivity index (χ0n) is 9.45.